The fraction of sp³-hybridized carbons (Fsp3) is 0.684. The third-order valence-corrected chi connectivity index (χ3v) is 4.82. The molecule has 0 spiro atoms. The van der Waals surface area contributed by atoms with Crippen LogP contribution in [0.2, 0.25) is 0 Å². The molecule has 3 nitrogen and oxygen atoms in total. The highest BCUT2D eigenvalue weighted by Crippen LogP contribution is 2.31. The van der Waals surface area contributed by atoms with Crippen molar-refractivity contribution in [1.82, 2.24) is 0 Å². The molecule has 124 valence electrons. The lowest BCUT2D eigenvalue weighted by atomic mass is 9.86. The molecule has 1 aromatic rings. The largest absolute Gasteiger partial charge is 0.494 e. The predicted octanol–water partition coefficient (Wildman–Crippen LogP) is 2.53. The van der Waals surface area contributed by atoms with Gasteiger partial charge in [0.15, 0.2) is 0 Å². The summed E-state index contributed by atoms with van der Waals surface area (Å²) in [5.74, 6) is 0.881. The molecular formula is C19H32NO2+. The first-order chi connectivity index (χ1) is 10.7. The summed E-state index contributed by atoms with van der Waals surface area (Å²) in [4.78, 5) is 1.66. The summed E-state index contributed by atoms with van der Waals surface area (Å²) in [7, 11) is 0. The van der Waals surface area contributed by atoms with Crippen molar-refractivity contribution >= 4 is 0 Å². The highest BCUT2D eigenvalue weighted by atomic mass is 16.5. The van der Waals surface area contributed by atoms with Crippen molar-refractivity contribution in [2.24, 2.45) is 0 Å². The number of aliphatic hydroxyl groups is 1. The number of nitrogens with one attached hydrogen (secondary N) is 1. The summed E-state index contributed by atoms with van der Waals surface area (Å²) in [5.41, 5.74) is 0.346. The molecule has 1 unspecified atom stereocenters. The zero-order chi connectivity index (χ0) is 15.8. The smallest absolute Gasteiger partial charge is 0.119 e. The second-order valence-corrected chi connectivity index (χ2v) is 6.55. The van der Waals surface area contributed by atoms with Crippen LogP contribution >= 0.6 is 0 Å². The average Bonchev–Trinajstić information content (AvgIpc) is 2.55. The molecule has 0 saturated carbocycles. The van der Waals surface area contributed by atoms with Crippen LogP contribution in [0.15, 0.2) is 24.3 Å². The number of benzene rings is 1. The van der Waals surface area contributed by atoms with Crippen LogP contribution < -0.4 is 9.64 Å². The molecule has 1 heterocycles. The Morgan fingerprint density at radius 1 is 1.05 bits per heavy atom. The topological polar surface area (TPSA) is 33.9 Å². The molecule has 0 amide bonds. The van der Waals surface area contributed by atoms with E-state index in [1.54, 1.807) is 4.90 Å². The standard InChI is InChI=1S/C19H31NO2/c1-3-12-19(21,13-16-20-14-6-5-7-15-20)17-8-10-18(11-9-17)22-4-2/h8-11,21H,3-7,12-16H2,1-2H3/p+1. The Hall–Kier alpha value is -1.06. The van der Waals surface area contributed by atoms with Gasteiger partial charge in [-0.1, -0.05) is 25.5 Å². The Labute approximate surface area is 135 Å². The first-order valence-corrected chi connectivity index (χ1v) is 8.97. The lowest BCUT2D eigenvalue weighted by Crippen LogP contribution is -3.13. The van der Waals surface area contributed by atoms with E-state index in [1.807, 2.05) is 31.2 Å². The molecule has 0 bridgehead atoms. The molecule has 1 fully saturated rings. The van der Waals surface area contributed by atoms with E-state index in [9.17, 15) is 5.11 Å². The van der Waals surface area contributed by atoms with E-state index >= 15 is 0 Å². The van der Waals surface area contributed by atoms with Gasteiger partial charge < -0.3 is 14.7 Å². The summed E-state index contributed by atoms with van der Waals surface area (Å²) in [6.07, 6.45) is 6.73. The zero-order valence-electron chi connectivity index (χ0n) is 14.2. The summed E-state index contributed by atoms with van der Waals surface area (Å²) in [5, 5.41) is 11.2. The van der Waals surface area contributed by atoms with Gasteiger partial charge in [0, 0.05) is 6.42 Å². The highest BCUT2D eigenvalue weighted by Gasteiger charge is 2.30. The third-order valence-electron chi connectivity index (χ3n) is 4.82. The summed E-state index contributed by atoms with van der Waals surface area (Å²) in [6, 6.07) is 8.03. The summed E-state index contributed by atoms with van der Waals surface area (Å²) in [6.45, 7) is 8.42. The van der Waals surface area contributed by atoms with Crippen molar-refractivity contribution in [1.29, 1.82) is 0 Å². The van der Waals surface area contributed by atoms with Crippen LogP contribution in [-0.4, -0.2) is 31.3 Å². The van der Waals surface area contributed by atoms with Gasteiger partial charge in [-0.2, -0.15) is 0 Å². The van der Waals surface area contributed by atoms with Crippen LogP contribution in [-0.2, 0) is 5.60 Å². The Balaban J connectivity index is 2.01. The molecule has 0 aliphatic carbocycles. The number of rotatable bonds is 8. The van der Waals surface area contributed by atoms with E-state index in [0.717, 1.165) is 37.1 Å². The number of likely N-dealkylation sites (tertiary alicyclic amines) is 1. The van der Waals surface area contributed by atoms with Crippen LogP contribution in [0.4, 0.5) is 0 Å². The maximum absolute atomic E-state index is 11.2. The molecular weight excluding hydrogens is 274 g/mol. The van der Waals surface area contributed by atoms with E-state index in [1.165, 1.54) is 32.4 Å². The maximum Gasteiger partial charge on any atom is 0.119 e. The monoisotopic (exact) mass is 306 g/mol. The molecule has 1 saturated heterocycles. The maximum atomic E-state index is 11.2. The minimum atomic E-state index is -0.691. The van der Waals surface area contributed by atoms with Crippen molar-refractivity contribution in [2.45, 2.75) is 58.0 Å². The number of ether oxygens (including phenoxy) is 1. The van der Waals surface area contributed by atoms with Gasteiger partial charge >= 0.3 is 0 Å². The van der Waals surface area contributed by atoms with Gasteiger partial charge in [0.25, 0.3) is 0 Å². The number of quaternary nitrogens is 1. The fourth-order valence-electron chi connectivity index (χ4n) is 3.54. The normalized spacial score (nSPS) is 18.9. The quantitative estimate of drug-likeness (QED) is 0.774. The molecule has 2 N–H and O–H groups in total. The second kappa shape index (κ2) is 8.54. The number of hydrogen-bond acceptors (Lipinski definition) is 2. The highest BCUT2D eigenvalue weighted by molar-refractivity contribution is 5.30. The van der Waals surface area contributed by atoms with E-state index in [-0.39, 0.29) is 0 Å². The van der Waals surface area contributed by atoms with E-state index in [0.29, 0.717) is 6.61 Å². The molecule has 1 atom stereocenters. The van der Waals surface area contributed by atoms with Crippen molar-refractivity contribution < 1.29 is 14.7 Å². The van der Waals surface area contributed by atoms with Crippen LogP contribution in [0.1, 0.15) is 57.9 Å². The molecule has 3 heteroatoms. The van der Waals surface area contributed by atoms with E-state index < -0.39 is 5.60 Å². The van der Waals surface area contributed by atoms with Gasteiger partial charge in [0.05, 0.1) is 31.8 Å². The first-order valence-electron chi connectivity index (χ1n) is 8.97. The SMILES string of the molecule is CCCC(O)(CC[NH+]1CCCCC1)c1ccc(OCC)cc1. The van der Waals surface area contributed by atoms with Crippen molar-refractivity contribution in [2.75, 3.05) is 26.2 Å². The lowest BCUT2D eigenvalue weighted by Gasteiger charge is -2.31. The Morgan fingerprint density at radius 3 is 2.32 bits per heavy atom. The van der Waals surface area contributed by atoms with Crippen LogP contribution in [0, 0.1) is 0 Å². The van der Waals surface area contributed by atoms with Gasteiger partial charge in [0.1, 0.15) is 5.75 Å². The van der Waals surface area contributed by atoms with Gasteiger partial charge in [-0.05, 0) is 50.3 Å². The van der Waals surface area contributed by atoms with Crippen LogP contribution in [0.3, 0.4) is 0 Å². The Kier molecular flexibility index (Phi) is 6.71. The number of piperidine rings is 1. The van der Waals surface area contributed by atoms with Gasteiger partial charge in [-0.3, -0.25) is 0 Å². The lowest BCUT2D eigenvalue weighted by molar-refractivity contribution is -0.905. The summed E-state index contributed by atoms with van der Waals surface area (Å²) < 4.78 is 5.50. The van der Waals surface area contributed by atoms with Gasteiger partial charge in [-0.25, -0.2) is 0 Å². The first kappa shape index (κ1) is 17.3. The molecule has 0 aromatic heterocycles. The van der Waals surface area contributed by atoms with Gasteiger partial charge in [0.2, 0.25) is 0 Å². The van der Waals surface area contributed by atoms with Crippen molar-refractivity contribution in [3.8, 4) is 5.75 Å². The predicted molar refractivity (Wildman–Crippen MR) is 90.4 cm³/mol. The molecule has 1 aliphatic rings. The minimum absolute atomic E-state index is 0.677. The molecule has 1 aromatic carbocycles. The molecule has 1 aliphatic heterocycles. The van der Waals surface area contributed by atoms with Crippen molar-refractivity contribution in [3.63, 3.8) is 0 Å². The number of hydrogen-bond donors (Lipinski definition) is 2. The van der Waals surface area contributed by atoms with Crippen LogP contribution in [0.5, 0.6) is 5.75 Å². The van der Waals surface area contributed by atoms with Crippen LogP contribution in [0.25, 0.3) is 0 Å². The molecule has 22 heavy (non-hydrogen) atoms. The molecule has 2 rings (SSSR count). The van der Waals surface area contributed by atoms with Gasteiger partial charge in [-0.15, -0.1) is 0 Å². The van der Waals surface area contributed by atoms with E-state index in [4.69, 9.17) is 4.74 Å². The second-order valence-electron chi connectivity index (χ2n) is 6.55. The third kappa shape index (κ3) is 4.72. The summed E-state index contributed by atoms with van der Waals surface area (Å²) >= 11 is 0. The van der Waals surface area contributed by atoms with E-state index in [2.05, 4.69) is 6.92 Å². The minimum Gasteiger partial charge on any atom is -0.494 e. The fourth-order valence-corrected chi connectivity index (χ4v) is 3.54. The Morgan fingerprint density at radius 2 is 1.73 bits per heavy atom. The zero-order valence-corrected chi connectivity index (χ0v) is 14.2. The Bertz CT molecular complexity index is 426. The van der Waals surface area contributed by atoms with Crippen molar-refractivity contribution in [3.05, 3.63) is 29.8 Å². The molecule has 0 radical (unpaired) electrons. The average molecular weight is 306 g/mol.